The van der Waals surface area contributed by atoms with Crippen molar-refractivity contribution in [1.82, 2.24) is 4.98 Å². The Bertz CT molecular complexity index is 1580. The highest BCUT2D eigenvalue weighted by molar-refractivity contribution is 7.15. The zero-order valence-electron chi connectivity index (χ0n) is 21.6. The highest BCUT2D eigenvalue weighted by atomic mass is 32.1. The number of aromatic nitrogens is 1. The van der Waals surface area contributed by atoms with Crippen molar-refractivity contribution in [2.24, 2.45) is 0 Å². The summed E-state index contributed by atoms with van der Waals surface area (Å²) in [5.41, 5.74) is 6.04. The quantitative estimate of drug-likeness (QED) is 0.199. The number of nitrogens with zero attached hydrogens (tertiary/aromatic N) is 1. The third kappa shape index (κ3) is 6.27. The maximum atomic E-state index is 10.8. The molecule has 1 aromatic heterocycles. The number of aliphatic carboxylic acids is 1. The van der Waals surface area contributed by atoms with Crippen LogP contribution in [0.2, 0.25) is 0 Å². The van der Waals surface area contributed by atoms with Crippen LogP contribution in [0.1, 0.15) is 10.6 Å². The molecule has 196 valence electrons. The molecule has 0 saturated heterocycles. The van der Waals surface area contributed by atoms with Gasteiger partial charge in [0.1, 0.15) is 28.9 Å². The van der Waals surface area contributed by atoms with E-state index in [0.29, 0.717) is 18.1 Å². The molecule has 5 rings (SSSR count). The molecule has 0 bridgehead atoms. The molecule has 0 atom stereocenters. The van der Waals surface area contributed by atoms with Crippen LogP contribution < -0.4 is 14.2 Å². The van der Waals surface area contributed by atoms with Crippen LogP contribution in [0.4, 0.5) is 0 Å². The first-order chi connectivity index (χ1) is 19.0. The second-order valence-corrected chi connectivity index (χ2v) is 9.94. The Morgan fingerprint density at radius 1 is 0.795 bits per heavy atom. The number of methoxy groups -OCH3 is 1. The first kappa shape index (κ1) is 26.0. The monoisotopic (exact) mass is 537 g/mol. The minimum atomic E-state index is -1.02. The van der Waals surface area contributed by atoms with Crippen LogP contribution in [0.15, 0.2) is 97.1 Å². The predicted molar refractivity (Wildman–Crippen MR) is 154 cm³/mol. The van der Waals surface area contributed by atoms with E-state index in [0.717, 1.165) is 43.6 Å². The molecule has 4 aromatic carbocycles. The van der Waals surface area contributed by atoms with Gasteiger partial charge < -0.3 is 19.3 Å². The number of hydrogen-bond acceptors (Lipinski definition) is 6. The van der Waals surface area contributed by atoms with Crippen LogP contribution in [-0.4, -0.2) is 29.8 Å². The van der Waals surface area contributed by atoms with Crippen LogP contribution in [0.5, 0.6) is 17.2 Å². The van der Waals surface area contributed by atoms with Gasteiger partial charge >= 0.3 is 5.97 Å². The molecule has 0 amide bonds. The molecule has 5 aromatic rings. The number of hydrogen-bond donors (Lipinski definition) is 1. The zero-order valence-corrected chi connectivity index (χ0v) is 22.4. The second-order valence-electron chi connectivity index (χ2n) is 8.86. The lowest BCUT2D eigenvalue weighted by molar-refractivity contribution is -0.139. The van der Waals surface area contributed by atoms with Crippen molar-refractivity contribution in [2.45, 2.75) is 13.5 Å². The van der Waals surface area contributed by atoms with Crippen LogP contribution in [0.3, 0.4) is 0 Å². The summed E-state index contributed by atoms with van der Waals surface area (Å²) in [6, 6.07) is 32.0. The van der Waals surface area contributed by atoms with Gasteiger partial charge in [0.2, 0.25) is 0 Å². The Kier molecular flexibility index (Phi) is 7.89. The lowest BCUT2D eigenvalue weighted by atomic mass is 10.0. The Balaban J connectivity index is 1.42. The average molecular weight is 538 g/mol. The Morgan fingerprint density at radius 3 is 2.23 bits per heavy atom. The van der Waals surface area contributed by atoms with Crippen molar-refractivity contribution in [3.63, 3.8) is 0 Å². The fourth-order valence-corrected chi connectivity index (χ4v) is 5.20. The number of aryl methyl sites for hydroxylation is 1. The number of carboxylic acids is 1. The molecule has 39 heavy (non-hydrogen) atoms. The van der Waals surface area contributed by atoms with E-state index in [1.165, 1.54) is 5.56 Å². The van der Waals surface area contributed by atoms with Crippen molar-refractivity contribution in [1.29, 1.82) is 0 Å². The molecule has 0 aliphatic rings. The van der Waals surface area contributed by atoms with Gasteiger partial charge in [-0.3, -0.25) is 0 Å². The summed E-state index contributed by atoms with van der Waals surface area (Å²) < 4.78 is 16.8. The van der Waals surface area contributed by atoms with Gasteiger partial charge in [-0.1, -0.05) is 66.7 Å². The third-order valence-corrected chi connectivity index (χ3v) is 7.21. The lowest BCUT2D eigenvalue weighted by Crippen LogP contribution is -2.10. The fraction of sp³-hybridized carbons (Fsp3) is 0.125. The molecule has 6 nitrogen and oxygen atoms in total. The van der Waals surface area contributed by atoms with Crippen molar-refractivity contribution < 1.29 is 24.1 Å². The smallest absolute Gasteiger partial charge is 0.341 e. The summed E-state index contributed by atoms with van der Waals surface area (Å²) in [6.45, 7) is 1.76. The summed E-state index contributed by atoms with van der Waals surface area (Å²) >= 11 is 1.59. The average Bonchev–Trinajstić information content (AvgIpc) is 3.40. The molecule has 0 aliphatic carbocycles. The summed E-state index contributed by atoms with van der Waals surface area (Å²) in [6.07, 6.45) is 0. The Labute approximate surface area is 231 Å². The van der Waals surface area contributed by atoms with Crippen molar-refractivity contribution in [3.05, 3.63) is 108 Å². The van der Waals surface area contributed by atoms with Gasteiger partial charge in [0, 0.05) is 5.56 Å². The molecular weight excluding hydrogens is 510 g/mol. The standard InChI is InChI=1S/C32H27NO5S/c1-21-17-27(15-16-28(21)38-20-30(34)35)37-19-29-33-31(25-9-6-10-26(18-25)36-2)32(39-29)24-13-11-23(12-14-24)22-7-4-3-5-8-22/h3-18H,19-20H2,1-2H3,(H,34,35). The number of thiazole rings is 1. The van der Waals surface area contributed by atoms with Gasteiger partial charge in [-0.15, -0.1) is 11.3 Å². The number of carbonyl (C=O) groups is 1. The summed E-state index contributed by atoms with van der Waals surface area (Å²) in [5.74, 6) is 0.919. The third-order valence-electron chi connectivity index (χ3n) is 6.13. The second kappa shape index (κ2) is 11.8. The van der Waals surface area contributed by atoms with E-state index in [1.54, 1.807) is 30.6 Å². The van der Waals surface area contributed by atoms with Crippen LogP contribution in [0, 0.1) is 6.92 Å². The lowest BCUT2D eigenvalue weighted by Gasteiger charge is -2.09. The largest absolute Gasteiger partial charge is 0.497 e. The Hall–Kier alpha value is -4.62. The van der Waals surface area contributed by atoms with Crippen molar-refractivity contribution in [3.8, 4) is 50.1 Å². The van der Waals surface area contributed by atoms with Gasteiger partial charge in [0.25, 0.3) is 0 Å². The molecule has 0 saturated carbocycles. The van der Waals surface area contributed by atoms with Gasteiger partial charge in [-0.2, -0.15) is 0 Å². The van der Waals surface area contributed by atoms with Gasteiger partial charge in [0.05, 0.1) is 17.7 Å². The highest BCUT2D eigenvalue weighted by Gasteiger charge is 2.17. The van der Waals surface area contributed by atoms with Crippen LogP contribution in [-0.2, 0) is 11.4 Å². The minimum Gasteiger partial charge on any atom is -0.497 e. The van der Waals surface area contributed by atoms with E-state index in [1.807, 2.05) is 55.5 Å². The summed E-state index contributed by atoms with van der Waals surface area (Å²) in [7, 11) is 1.66. The number of benzene rings is 4. The molecule has 7 heteroatoms. The molecule has 1 heterocycles. The molecule has 0 unspecified atom stereocenters. The number of rotatable bonds is 10. The first-order valence-corrected chi connectivity index (χ1v) is 13.2. The van der Waals surface area contributed by atoms with Gasteiger partial charge in [-0.25, -0.2) is 9.78 Å². The van der Waals surface area contributed by atoms with Crippen LogP contribution >= 0.6 is 11.3 Å². The predicted octanol–water partition coefficient (Wildman–Crippen LogP) is 7.50. The number of ether oxygens (including phenoxy) is 3. The fourth-order valence-electron chi connectivity index (χ4n) is 4.19. The first-order valence-electron chi connectivity index (χ1n) is 12.4. The maximum absolute atomic E-state index is 10.8. The van der Waals surface area contributed by atoms with E-state index in [4.69, 9.17) is 24.3 Å². The van der Waals surface area contributed by atoms with E-state index in [-0.39, 0.29) is 6.61 Å². The molecular formula is C32H27NO5S. The van der Waals surface area contributed by atoms with E-state index in [2.05, 4.69) is 36.4 Å². The highest BCUT2D eigenvalue weighted by Crippen LogP contribution is 2.39. The van der Waals surface area contributed by atoms with Crippen molar-refractivity contribution in [2.75, 3.05) is 13.7 Å². The van der Waals surface area contributed by atoms with Crippen LogP contribution in [0.25, 0.3) is 32.8 Å². The van der Waals surface area contributed by atoms with E-state index in [9.17, 15) is 4.79 Å². The molecule has 0 fully saturated rings. The van der Waals surface area contributed by atoms with E-state index < -0.39 is 5.97 Å². The number of carboxylic acid groups (broad SMARTS) is 1. The Morgan fingerprint density at radius 2 is 1.51 bits per heavy atom. The molecule has 0 aliphatic heterocycles. The molecule has 0 spiro atoms. The van der Waals surface area contributed by atoms with Gasteiger partial charge in [-0.05, 0) is 59.5 Å². The normalized spacial score (nSPS) is 10.7. The molecule has 0 radical (unpaired) electrons. The summed E-state index contributed by atoms with van der Waals surface area (Å²) in [5, 5.41) is 9.68. The van der Waals surface area contributed by atoms with Gasteiger partial charge in [0.15, 0.2) is 6.61 Å². The topological polar surface area (TPSA) is 77.9 Å². The SMILES string of the molecule is COc1cccc(-c2nc(COc3ccc(OCC(=O)O)c(C)c3)sc2-c2ccc(-c3ccccc3)cc2)c1. The molecule has 1 N–H and O–H groups in total. The zero-order chi connectivity index (χ0) is 27.2. The maximum Gasteiger partial charge on any atom is 0.341 e. The minimum absolute atomic E-state index is 0.290. The van der Waals surface area contributed by atoms with Crippen molar-refractivity contribution >= 4 is 17.3 Å². The summed E-state index contributed by atoms with van der Waals surface area (Å²) in [4.78, 5) is 16.8. The van der Waals surface area contributed by atoms with E-state index >= 15 is 0 Å².